The van der Waals surface area contributed by atoms with Gasteiger partial charge < -0.3 is 58.7 Å². The topological polar surface area (TPSA) is 266 Å². The van der Waals surface area contributed by atoms with Crippen molar-refractivity contribution in [3.8, 4) is 5.75 Å². The first-order valence-corrected chi connectivity index (χ1v) is 23.1. The third-order valence-electron chi connectivity index (χ3n) is 10.4. The van der Waals surface area contributed by atoms with Gasteiger partial charge in [0.15, 0.2) is 0 Å². The minimum atomic E-state index is -0.568. The van der Waals surface area contributed by atoms with Crippen molar-refractivity contribution in [2.24, 2.45) is 10.2 Å². The molecule has 0 saturated carbocycles. The van der Waals surface area contributed by atoms with E-state index in [1.54, 1.807) is 45.6 Å². The monoisotopic (exact) mass is 964 g/mol. The van der Waals surface area contributed by atoms with E-state index in [0.717, 1.165) is 31.4 Å². The summed E-state index contributed by atoms with van der Waals surface area (Å²) in [7, 11) is 4.84. The molecule has 0 aliphatic heterocycles. The molecule has 2 heterocycles. The number of carbonyl (C=O) groups is 2. The Hall–Kier alpha value is -6.30. The summed E-state index contributed by atoms with van der Waals surface area (Å²) < 4.78 is 37.2. The molecule has 2 atom stereocenters. The second-order valence-corrected chi connectivity index (χ2v) is 15.7. The molecule has 378 valence electrons. The first-order chi connectivity index (χ1) is 33.6. The van der Waals surface area contributed by atoms with Gasteiger partial charge in [0.05, 0.1) is 71.3 Å². The van der Waals surface area contributed by atoms with Crippen molar-refractivity contribution in [2.45, 2.75) is 51.4 Å². The Morgan fingerprint density at radius 1 is 0.594 bits per heavy atom. The van der Waals surface area contributed by atoms with Gasteiger partial charge in [-0.15, -0.1) is 0 Å². The lowest BCUT2D eigenvalue weighted by Gasteiger charge is -2.25. The lowest BCUT2D eigenvalue weighted by Crippen LogP contribution is -2.41. The molecule has 2 unspecified atom stereocenters. The molecule has 4 aromatic rings. The van der Waals surface area contributed by atoms with Crippen LogP contribution >= 0.6 is 0 Å². The number of carbonyl (C=O) groups excluding carboxylic acids is 2. The zero-order valence-corrected chi connectivity index (χ0v) is 40.4. The summed E-state index contributed by atoms with van der Waals surface area (Å²) in [5.41, 5.74) is 2.37. The minimum Gasteiger partial charge on any atom is -0.497 e. The number of hydrogen-bond acceptors (Lipinski definition) is 16. The molecule has 2 aromatic carbocycles. The molecule has 0 aliphatic carbocycles. The molecule has 0 aliphatic rings. The Morgan fingerprint density at radius 2 is 1.00 bits per heavy atom. The fraction of sp³-hybridized carbons (Fsp3) is 0.532. The van der Waals surface area contributed by atoms with E-state index < -0.39 is 23.2 Å². The first kappa shape index (κ1) is 55.3. The van der Waals surface area contributed by atoms with E-state index in [2.05, 4.69) is 51.4 Å². The van der Waals surface area contributed by atoms with Crippen LogP contribution in [-0.2, 0) is 28.4 Å². The van der Waals surface area contributed by atoms with Crippen molar-refractivity contribution in [3.05, 3.63) is 92.8 Å². The Balaban J connectivity index is 1.30. The molecule has 0 saturated heterocycles. The van der Waals surface area contributed by atoms with Crippen LogP contribution in [0.3, 0.4) is 0 Å². The van der Waals surface area contributed by atoms with Crippen LogP contribution in [-0.4, -0.2) is 146 Å². The van der Waals surface area contributed by atoms with E-state index in [-0.39, 0.29) is 36.8 Å². The quantitative estimate of drug-likeness (QED) is 0.0237. The Kier molecular flexibility index (Phi) is 26.0. The molecule has 22 nitrogen and oxygen atoms in total. The fourth-order valence-corrected chi connectivity index (χ4v) is 6.60. The number of nitrogens with zero attached hydrogens (tertiary/aromatic N) is 5. The van der Waals surface area contributed by atoms with E-state index in [1.807, 2.05) is 43.0 Å². The Labute approximate surface area is 402 Å². The van der Waals surface area contributed by atoms with Gasteiger partial charge in [0.25, 0.3) is 11.1 Å². The van der Waals surface area contributed by atoms with Crippen LogP contribution < -0.4 is 42.0 Å². The van der Waals surface area contributed by atoms with Gasteiger partial charge in [-0.05, 0) is 86.1 Å². The predicted molar refractivity (Wildman–Crippen MR) is 262 cm³/mol. The van der Waals surface area contributed by atoms with Gasteiger partial charge in [-0.2, -0.15) is 20.2 Å². The standard InChI is InChI=1S/C47H69N11O11/c1-34(8-6-22-66-28-30-68-26-24-63-3)40-32-42(59)52-44(50-40)54-46(61)48-18-20-58(38-14-10-36(11-15-38)56-57-37-12-16-39(65-5)17-13-37)21-19-49-47(62)55-45-51-41(33-43(60)53-45)35(2)9-7-23-67-29-31-69-27-25-64-4/h10-17,32-35H,6-9,18-31H2,1-5H3,(H3,48,50,52,54,59,61)(H3,49,51,53,55,60,62)/b57-56+. The van der Waals surface area contributed by atoms with E-state index in [1.165, 1.54) is 12.1 Å². The smallest absolute Gasteiger partial charge is 0.321 e. The maximum atomic E-state index is 13.1. The van der Waals surface area contributed by atoms with Crippen LogP contribution in [0.1, 0.15) is 62.8 Å². The number of aromatic amines is 2. The Bertz CT molecular complexity index is 2120. The molecular weight excluding hydrogens is 895 g/mol. The number of urea groups is 2. The van der Waals surface area contributed by atoms with Crippen molar-refractivity contribution in [2.75, 3.05) is 129 Å². The second kappa shape index (κ2) is 32.4. The van der Waals surface area contributed by atoms with Crippen LogP contribution in [0.15, 0.2) is 80.5 Å². The first-order valence-electron chi connectivity index (χ1n) is 23.1. The number of H-pyrrole nitrogens is 2. The van der Waals surface area contributed by atoms with E-state index in [4.69, 9.17) is 33.2 Å². The maximum absolute atomic E-state index is 13.1. The number of rotatable bonds is 34. The van der Waals surface area contributed by atoms with Crippen molar-refractivity contribution in [1.82, 2.24) is 30.6 Å². The Morgan fingerprint density at radius 3 is 1.42 bits per heavy atom. The van der Waals surface area contributed by atoms with Crippen LogP contribution in [0.25, 0.3) is 0 Å². The normalized spacial score (nSPS) is 12.1. The SMILES string of the molecule is COCCOCCOCCCC(C)c1cc(=O)nc(NC(=O)NCCN(CCNC(=O)Nc2nc(=O)cc(C(C)CCCOCCOCCOC)[nH]2)c2ccc(/N=N/c3ccc(OC)cc3)cc2)[nH]1. The highest BCUT2D eigenvalue weighted by atomic mass is 16.5. The molecule has 0 spiro atoms. The summed E-state index contributed by atoms with van der Waals surface area (Å²) in [5.74, 6) is 0.707. The van der Waals surface area contributed by atoms with Crippen LogP contribution in [0, 0.1) is 0 Å². The average Bonchev–Trinajstić information content (AvgIpc) is 3.34. The number of hydrogen-bond donors (Lipinski definition) is 6. The summed E-state index contributed by atoms with van der Waals surface area (Å²) in [4.78, 5) is 67.1. The third-order valence-corrected chi connectivity index (χ3v) is 10.4. The highest BCUT2D eigenvalue weighted by Crippen LogP contribution is 2.24. The molecule has 22 heteroatoms. The van der Waals surface area contributed by atoms with Gasteiger partial charge >= 0.3 is 12.1 Å². The average molecular weight is 964 g/mol. The summed E-state index contributed by atoms with van der Waals surface area (Å²) in [6, 6.07) is 16.3. The van der Waals surface area contributed by atoms with Gasteiger partial charge in [-0.3, -0.25) is 20.2 Å². The predicted octanol–water partition coefficient (Wildman–Crippen LogP) is 5.85. The number of benzene rings is 2. The summed E-state index contributed by atoms with van der Waals surface area (Å²) >= 11 is 0. The van der Waals surface area contributed by atoms with Crippen LogP contribution in [0.5, 0.6) is 5.75 Å². The summed E-state index contributed by atoms with van der Waals surface area (Å²) in [6.45, 7) is 10.1. The van der Waals surface area contributed by atoms with Gasteiger partial charge in [0.1, 0.15) is 5.75 Å². The van der Waals surface area contributed by atoms with Crippen molar-refractivity contribution >= 4 is 41.0 Å². The molecule has 0 bridgehead atoms. The van der Waals surface area contributed by atoms with E-state index >= 15 is 0 Å². The number of aromatic nitrogens is 4. The van der Waals surface area contributed by atoms with E-state index in [0.29, 0.717) is 108 Å². The van der Waals surface area contributed by atoms with Gasteiger partial charge in [0, 0.05) is 82.8 Å². The van der Waals surface area contributed by atoms with Gasteiger partial charge in [-0.25, -0.2) is 9.59 Å². The van der Waals surface area contributed by atoms with Crippen LogP contribution in [0.2, 0.25) is 0 Å². The minimum absolute atomic E-state index is 0.0229. The van der Waals surface area contributed by atoms with Crippen molar-refractivity contribution in [3.63, 3.8) is 0 Å². The summed E-state index contributed by atoms with van der Waals surface area (Å²) in [6.07, 6.45) is 3.00. The van der Waals surface area contributed by atoms with Gasteiger partial charge in [0.2, 0.25) is 11.9 Å². The molecule has 6 N–H and O–H groups in total. The number of nitrogens with one attached hydrogen (secondary N) is 6. The number of azo groups is 1. The lowest BCUT2D eigenvalue weighted by atomic mass is 10.0. The molecule has 69 heavy (non-hydrogen) atoms. The zero-order valence-electron chi connectivity index (χ0n) is 40.4. The second-order valence-electron chi connectivity index (χ2n) is 15.7. The van der Waals surface area contributed by atoms with E-state index in [9.17, 15) is 19.2 Å². The van der Waals surface area contributed by atoms with Gasteiger partial charge in [-0.1, -0.05) is 13.8 Å². The third kappa shape index (κ3) is 22.6. The number of anilines is 3. The molecular formula is C47H69N11O11. The number of methoxy groups -OCH3 is 3. The number of ether oxygens (including phenoxy) is 7. The molecule has 4 rings (SSSR count). The summed E-state index contributed by atoms with van der Waals surface area (Å²) in [5, 5.41) is 19.6. The molecule has 2 aromatic heterocycles. The highest BCUT2D eigenvalue weighted by molar-refractivity contribution is 5.87. The van der Waals surface area contributed by atoms with Crippen molar-refractivity contribution < 1.29 is 42.7 Å². The maximum Gasteiger partial charge on any atom is 0.321 e. The molecule has 0 fully saturated rings. The zero-order chi connectivity index (χ0) is 49.5. The highest BCUT2D eigenvalue weighted by Gasteiger charge is 2.15. The fourth-order valence-electron chi connectivity index (χ4n) is 6.60. The lowest BCUT2D eigenvalue weighted by molar-refractivity contribution is 0.0238. The van der Waals surface area contributed by atoms with Crippen molar-refractivity contribution in [1.29, 1.82) is 0 Å². The largest absolute Gasteiger partial charge is 0.497 e. The molecule has 0 radical (unpaired) electrons. The van der Waals surface area contributed by atoms with Crippen LogP contribution in [0.4, 0.5) is 38.5 Å². The number of amides is 4. The molecule has 4 amide bonds.